The molecule has 0 saturated heterocycles. The molecule has 0 radical (unpaired) electrons. The molecule has 2 N–H and O–H groups in total. The molecular weight excluding hydrogens is 400 g/mol. The third kappa shape index (κ3) is 5.36. The molecule has 0 spiro atoms. The van der Waals surface area contributed by atoms with E-state index in [1.807, 2.05) is 13.8 Å². The number of anilines is 2. The summed E-state index contributed by atoms with van der Waals surface area (Å²) in [6, 6.07) is 13.2. The van der Waals surface area contributed by atoms with Crippen LogP contribution in [0.2, 0.25) is 0 Å². The molecule has 162 valence electrons. The number of rotatable bonds is 9. The van der Waals surface area contributed by atoms with E-state index < -0.39 is 5.91 Å². The van der Waals surface area contributed by atoms with Crippen LogP contribution in [0, 0.1) is 0 Å². The molecule has 3 aromatic rings. The zero-order valence-corrected chi connectivity index (χ0v) is 17.6. The van der Waals surface area contributed by atoms with Crippen LogP contribution in [0.1, 0.15) is 34.8 Å². The van der Waals surface area contributed by atoms with Gasteiger partial charge in [-0.15, -0.1) is 0 Å². The lowest BCUT2D eigenvalue weighted by Gasteiger charge is -2.17. The molecule has 0 atom stereocenters. The van der Waals surface area contributed by atoms with Crippen molar-refractivity contribution < 1.29 is 28.2 Å². The highest BCUT2D eigenvalue weighted by Gasteiger charge is 2.18. The molecule has 31 heavy (non-hydrogen) atoms. The van der Waals surface area contributed by atoms with Crippen molar-refractivity contribution in [3.63, 3.8) is 0 Å². The van der Waals surface area contributed by atoms with E-state index in [0.717, 1.165) is 0 Å². The van der Waals surface area contributed by atoms with Gasteiger partial charge >= 0.3 is 0 Å². The Kier molecular flexibility index (Phi) is 7.16. The maximum atomic E-state index is 12.7. The lowest BCUT2D eigenvalue weighted by molar-refractivity contribution is 0.0993. The van der Waals surface area contributed by atoms with Crippen molar-refractivity contribution in [2.24, 2.45) is 0 Å². The smallest absolute Gasteiger partial charge is 0.291 e. The third-order valence-electron chi connectivity index (χ3n) is 4.28. The molecule has 0 bridgehead atoms. The third-order valence-corrected chi connectivity index (χ3v) is 4.28. The van der Waals surface area contributed by atoms with Gasteiger partial charge in [-0.2, -0.15) is 0 Å². The number of furan rings is 1. The second-order valence-electron chi connectivity index (χ2n) is 6.32. The van der Waals surface area contributed by atoms with E-state index in [2.05, 4.69) is 10.6 Å². The van der Waals surface area contributed by atoms with Crippen molar-refractivity contribution in [1.82, 2.24) is 0 Å². The van der Waals surface area contributed by atoms with Crippen molar-refractivity contribution >= 4 is 23.2 Å². The summed E-state index contributed by atoms with van der Waals surface area (Å²) in [7, 11) is 1.56. The summed E-state index contributed by atoms with van der Waals surface area (Å²) in [5.74, 6) is 0.847. The van der Waals surface area contributed by atoms with Crippen LogP contribution in [0.25, 0.3) is 0 Å². The number of amides is 2. The summed E-state index contributed by atoms with van der Waals surface area (Å²) >= 11 is 0. The predicted molar refractivity (Wildman–Crippen MR) is 116 cm³/mol. The normalized spacial score (nSPS) is 10.3. The lowest BCUT2D eigenvalue weighted by Crippen LogP contribution is -2.15. The van der Waals surface area contributed by atoms with Gasteiger partial charge in [-0.25, -0.2) is 0 Å². The fraction of sp³-hybridized carbons (Fsp3) is 0.217. The van der Waals surface area contributed by atoms with Crippen molar-refractivity contribution in [3.05, 3.63) is 66.1 Å². The largest absolute Gasteiger partial charge is 0.497 e. The van der Waals surface area contributed by atoms with E-state index in [4.69, 9.17) is 18.6 Å². The van der Waals surface area contributed by atoms with Crippen molar-refractivity contribution in [1.29, 1.82) is 0 Å². The van der Waals surface area contributed by atoms with Gasteiger partial charge in [0.25, 0.3) is 11.8 Å². The van der Waals surface area contributed by atoms with E-state index in [1.54, 1.807) is 55.6 Å². The Morgan fingerprint density at radius 1 is 0.871 bits per heavy atom. The van der Waals surface area contributed by atoms with Crippen LogP contribution in [0.5, 0.6) is 17.2 Å². The average Bonchev–Trinajstić information content (AvgIpc) is 3.32. The lowest BCUT2D eigenvalue weighted by atomic mass is 10.1. The first kappa shape index (κ1) is 21.8. The first-order valence-electron chi connectivity index (χ1n) is 9.79. The van der Waals surface area contributed by atoms with Gasteiger partial charge in [-0.1, -0.05) is 0 Å². The average molecular weight is 424 g/mol. The molecule has 8 heteroatoms. The number of carbonyl (C=O) groups excluding carboxylic acids is 2. The van der Waals surface area contributed by atoms with Crippen LogP contribution < -0.4 is 24.8 Å². The van der Waals surface area contributed by atoms with E-state index >= 15 is 0 Å². The minimum Gasteiger partial charge on any atom is -0.497 e. The first-order valence-corrected chi connectivity index (χ1v) is 9.79. The number of nitrogens with one attached hydrogen (secondary N) is 2. The summed E-state index contributed by atoms with van der Waals surface area (Å²) in [6.07, 6.45) is 1.42. The molecule has 8 nitrogen and oxygen atoms in total. The van der Waals surface area contributed by atoms with Gasteiger partial charge in [0.05, 0.1) is 38.0 Å². The summed E-state index contributed by atoms with van der Waals surface area (Å²) in [4.78, 5) is 25.1. The highest BCUT2D eigenvalue weighted by atomic mass is 16.5. The van der Waals surface area contributed by atoms with Crippen molar-refractivity contribution in [3.8, 4) is 17.2 Å². The molecular formula is C23H24N2O6. The highest BCUT2D eigenvalue weighted by Crippen LogP contribution is 2.37. The minimum atomic E-state index is -0.427. The number of hydrogen-bond donors (Lipinski definition) is 2. The predicted octanol–water partition coefficient (Wildman–Crippen LogP) is 4.59. The number of hydrogen-bond acceptors (Lipinski definition) is 6. The number of methoxy groups -OCH3 is 1. The Bertz CT molecular complexity index is 1030. The van der Waals surface area contributed by atoms with Gasteiger partial charge in [-0.05, 0) is 50.2 Å². The van der Waals surface area contributed by atoms with Crippen LogP contribution in [0.3, 0.4) is 0 Å². The standard InChI is InChI=1S/C23H24N2O6/c1-4-29-20-14-18(25-23(27)19-7-6-12-31-19)21(30-5-2)13-17(20)24-22(26)15-8-10-16(28-3)11-9-15/h6-14H,4-5H2,1-3H3,(H,24,26)(H,25,27). The van der Waals surface area contributed by atoms with E-state index in [1.165, 1.54) is 6.26 Å². The van der Waals surface area contributed by atoms with Crippen molar-refractivity contribution in [2.45, 2.75) is 13.8 Å². The fourth-order valence-electron chi connectivity index (χ4n) is 2.83. The molecule has 1 heterocycles. The molecule has 0 saturated carbocycles. The summed E-state index contributed by atoms with van der Waals surface area (Å²) < 4.78 is 21.6. The molecule has 0 unspecified atom stereocenters. The number of ether oxygens (including phenoxy) is 3. The van der Waals surface area contributed by atoms with Gasteiger partial charge in [0.15, 0.2) is 5.76 Å². The number of carbonyl (C=O) groups is 2. The quantitative estimate of drug-likeness (QED) is 0.521. The summed E-state index contributed by atoms with van der Waals surface area (Å²) in [6.45, 7) is 4.38. The molecule has 0 aliphatic carbocycles. The maximum Gasteiger partial charge on any atom is 0.291 e. The van der Waals surface area contributed by atoms with Gasteiger partial charge in [0, 0.05) is 17.7 Å². The van der Waals surface area contributed by atoms with E-state index in [9.17, 15) is 9.59 Å². The van der Waals surface area contributed by atoms with Gasteiger partial charge in [-0.3, -0.25) is 9.59 Å². The van der Waals surface area contributed by atoms with Gasteiger partial charge in [0.2, 0.25) is 0 Å². The van der Waals surface area contributed by atoms with E-state index in [-0.39, 0.29) is 11.7 Å². The minimum absolute atomic E-state index is 0.164. The Morgan fingerprint density at radius 2 is 1.45 bits per heavy atom. The van der Waals surface area contributed by atoms with E-state index in [0.29, 0.717) is 47.4 Å². The fourth-order valence-corrected chi connectivity index (χ4v) is 2.83. The molecule has 1 aromatic heterocycles. The Balaban J connectivity index is 1.90. The maximum absolute atomic E-state index is 12.7. The van der Waals surface area contributed by atoms with Crippen LogP contribution >= 0.6 is 0 Å². The molecule has 2 aromatic carbocycles. The van der Waals surface area contributed by atoms with Crippen LogP contribution in [0.4, 0.5) is 11.4 Å². The highest BCUT2D eigenvalue weighted by molar-refractivity contribution is 6.06. The monoisotopic (exact) mass is 424 g/mol. The zero-order valence-electron chi connectivity index (χ0n) is 17.6. The first-order chi connectivity index (χ1) is 15.0. The Morgan fingerprint density at radius 3 is 1.94 bits per heavy atom. The van der Waals surface area contributed by atoms with Crippen LogP contribution in [-0.4, -0.2) is 32.1 Å². The molecule has 0 aliphatic rings. The van der Waals surface area contributed by atoms with Gasteiger partial charge < -0.3 is 29.3 Å². The molecule has 0 aliphatic heterocycles. The van der Waals surface area contributed by atoms with Crippen LogP contribution in [0.15, 0.2) is 59.2 Å². The second-order valence-corrected chi connectivity index (χ2v) is 6.32. The van der Waals surface area contributed by atoms with Crippen molar-refractivity contribution in [2.75, 3.05) is 31.0 Å². The molecule has 2 amide bonds. The topological polar surface area (TPSA) is 99.0 Å². The molecule has 0 fully saturated rings. The Hall–Kier alpha value is -3.94. The zero-order chi connectivity index (χ0) is 22.2. The summed E-state index contributed by atoms with van der Waals surface area (Å²) in [5, 5.41) is 5.60. The Labute approximate surface area is 180 Å². The molecule has 3 rings (SSSR count). The van der Waals surface area contributed by atoms with Gasteiger partial charge in [0.1, 0.15) is 17.2 Å². The van der Waals surface area contributed by atoms with Crippen LogP contribution in [-0.2, 0) is 0 Å². The SMILES string of the molecule is CCOc1cc(NC(=O)c2ccco2)c(OCC)cc1NC(=O)c1ccc(OC)cc1. The second kappa shape index (κ2) is 10.2. The summed E-state index contributed by atoms with van der Waals surface area (Å²) in [5.41, 5.74) is 1.27. The number of benzene rings is 2.